The summed E-state index contributed by atoms with van der Waals surface area (Å²) < 4.78 is 12.9. The van der Waals surface area contributed by atoms with Crippen LogP contribution in [0, 0.1) is 0 Å². The number of hydrazine groups is 1. The summed E-state index contributed by atoms with van der Waals surface area (Å²) >= 11 is 0. The minimum atomic E-state index is -0.308. The van der Waals surface area contributed by atoms with Crippen molar-refractivity contribution >= 4 is 17.3 Å². The van der Waals surface area contributed by atoms with Crippen molar-refractivity contribution in [2.24, 2.45) is 5.84 Å². The van der Waals surface area contributed by atoms with E-state index in [0.29, 0.717) is 31.4 Å². The number of nitrogens with one attached hydrogen (secondary N) is 2. The van der Waals surface area contributed by atoms with Crippen molar-refractivity contribution in [3.63, 3.8) is 0 Å². The van der Waals surface area contributed by atoms with Crippen LogP contribution in [0.5, 0.6) is 0 Å². The van der Waals surface area contributed by atoms with Gasteiger partial charge in [-0.1, -0.05) is 0 Å². The van der Waals surface area contributed by atoms with Crippen LogP contribution in [0.2, 0.25) is 0 Å². The number of aromatic nitrogens is 3. The fourth-order valence-corrected chi connectivity index (χ4v) is 2.33. The maximum absolute atomic E-state index is 5.59. The van der Waals surface area contributed by atoms with Crippen molar-refractivity contribution in [3.8, 4) is 0 Å². The predicted octanol–water partition coefficient (Wildman–Crippen LogP) is 0.232. The third-order valence-corrected chi connectivity index (χ3v) is 3.60. The third-order valence-electron chi connectivity index (χ3n) is 3.60. The van der Waals surface area contributed by atoms with Crippen molar-refractivity contribution in [3.05, 3.63) is 18.6 Å². The van der Waals surface area contributed by atoms with Crippen LogP contribution < -0.4 is 16.6 Å². The lowest BCUT2D eigenvalue weighted by atomic mass is 10.0. The van der Waals surface area contributed by atoms with Gasteiger partial charge in [-0.3, -0.25) is 0 Å². The number of methoxy groups -OCH3 is 1. The van der Waals surface area contributed by atoms with Gasteiger partial charge in [0, 0.05) is 39.1 Å². The van der Waals surface area contributed by atoms with E-state index >= 15 is 0 Å². The van der Waals surface area contributed by atoms with Crippen LogP contribution in [0.1, 0.15) is 6.42 Å². The van der Waals surface area contributed by atoms with E-state index in [0.717, 1.165) is 12.1 Å². The minimum absolute atomic E-state index is 0.308. The molecule has 1 saturated heterocycles. The van der Waals surface area contributed by atoms with Crippen molar-refractivity contribution in [2.45, 2.75) is 12.0 Å². The van der Waals surface area contributed by atoms with Crippen LogP contribution in [-0.2, 0) is 9.47 Å². The van der Waals surface area contributed by atoms with Crippen LogP contribution in [-0.4, -0.2) is 46.8 Å². The summed E-state index contributed by atoms with van der Waals surface area (Å²) in [5.74, 6) is 6.65. The van der Waals surface area contributed by atoms with Gasteiger partial charge in [0.25, 0.3) is 0 Å². The molecule has 1 aliphatic heterocycles. The van der Waals surface area contributed by atoms with E-state index in [1.54, 1.807) is 19.5 Å². The molecule has 3 heterocycles. The lowest BCUT2D eigenvalue weighted by molar-refractivity contribution is -0.00623. The Morgan fingerprint density at radius 3 is 3.20 bits per heavy atom. The molecule has 108 valence electrons. The van der Waals surface area contributed by atoms with Crippen molar-refractivity contribution in [1.82, 2.24) is 14.4 Å². The molecule has 1 fully saturated rings. The van der Waals surface area contributed by atoms with E-state index in [1.165, 1.54) is 0 Å². The van der Waals surface area contributed by atoms with Crippen molar-refractivity contribution < 1.29 is 9.47 Å². The highest BCUT2D eigenvalue weighted by molar-refractivity contribution is 5.65. The highest BCUT2D eigenvalue weighted by Gasteiger charge is 2.35. The van der Waals surface area contributed by atoms with Gasteiger partial charge in [0.2, 0.25) is 0 Å². The Kier molecular flexibility index (Phi) is 3.43. The van der Waals surface area contributed by atoms with Crippen LogP contribution >= 0.6 is 0 Å². The number of fused-ring (bicyclic) bond motifs is 1. The monoisotopic (exact) mass is 278 g/mol. The molecule has 0 saturated carbocycles. The van der Waals surface area contributed by atoms with E-state index < -0.39 is 0 Å². The Labute approximate surface area is 116 Å². The number of ether oxygens (including phenoxy) is 2. The Morgan fingerprint density at radius 2 is 2.50 bits per heavy atom. The summed E-state index contributed by atoms with van der Waals surface area (Å²) in [6.07, 6.45) is 6.19. The number of hydrogen-bond acceptors (Lipinski definition) is 7. The lowest BCUT2D eigenvalue weighted by Crippen LogP contribution is -2.39. The van der Waals surface area contributed by atoms with Crippen LogP contribution in [0.15, 0.2) is 18.6 Å². The molecule has 1 atom stereocenters. The molecule has 0 spiro atoms. The first-order valence-electron chi connectivity index (χ1n) is 6.43. The molecule has 0 radical (unpaired) electrons. The van der Waals surface area contributed by atoms with Gasteiger partial charge in [-0.15, -0.1) is 0 Å². The highest BCUT2D eigenvalue weighted by atomic mass is 16.5. The normalized spacial score (nSPS) is 22.3. The quantitative estimate of drug-likeness (QED) is 0.532. The van der Waals surface area contributed by atoms with Gasteiger partial charge < -0.3 is 24.6 Å². The molecule has 8 nitrogen and oxygen atoms in total. The average Bonchev–Trinajstić information content (AvgIpc) is 3.14. The number of imidazole rings is 1. The Balaban J connectivity index is 1.84. The van der Waals surface area contributed by atoms with Gasteiger partial charge >= 0.3 is 0 Å². The summed E-state index contributed by atoms with van der Waals surface area (Å²) in [6.45, 7) is 1.90. The maximum atomic E-state index is 5.59. The largest absolute Gasteiger partial charge is 0.378 e. The van der Waals surface area contributed by atoms with E-state index in [-0.39, 0.29) is 5.60 Å². The molecule has 20 heavy (non-hydrogen) atoms. The van der Waals surface area contributed by atoms with E-state index in [9.17, 15) is 0 Å². The number of rotatable bonds is 5. The molecule has 1 unspecified atom stereocenters. The molecular weight excluding hydrogens is 260 g/mol. The Hall–Kier alpha value is -1.90. The second-order valence-corrected chi connectivity index (χ2v) is 4.82. The SMILES string of the molecule is COC1(CNc2nc(NN)cn3ccnc23)CCOC1. The van der Waals surface area contributed by atoms with Gasteiger partial charge in [0.1, 0.15) is 5.60 Å². The van der Waals surface area contributed by atoms with E-state index in [4.69, 9.17) is 15.3 Å². The van der Waals surface area contributed by atoms with Crippen LogP contribution in [0.25, 0.3) is 5.65 Å². The fourth-order valence-electron chi connectivity index (χ4n) is 2.33. The summed E-state index contributed by atoms with van der Waals surface area (Å²) in [5.41, 5.74) is 2.98. The maximum Gasteiger partial charge on any atom is 0.180 e. The fraction of sp³-hybridized carbons (Fsp3) is 0.500. The van der Waals surface area contributed by atoms with Gasteiger partial charge in [-0.2, -0.15) is 0 Å². The standard InChI is InChI=1S/C12H18N6O2/c1-19-12(2-5-20-8-12)7-15-10-11-14-3-4-18(11)6-9(16-10)17-13/h3-4,6,17H,2,5,7-8,13H2,1H3,(H,15,16). The molecule has 1 aliphatic rings. The zero-order valence-electron chi connectivity index (χ0n) is 11.3. The number of hydrogen-bond donors (Lipinski definition) is 3. The second-order valence-electron chi connectivity index (χ2n) is 4.82. The number of nitrogen functional groups attached to an aromatic ring is 1. The molecular formula is C12H18N6O2. The first-order chi connectivity index (χ1) is 9.76. The first kappa shape index (κ1) is 13.1. The zero-order valence-corrected chi connectivity index (χ0v) is 11.3. The van der Waals surface area contributed by atoms with Gasteiger partial charge in [-0.05, 0) is 0 Å². The Bertz CT molecular complexity index is 593. The smallest absolute Gasteiger partial charge is 0.180 e. The van der Waals surface area contributed by atoms with E-state index in [1.807, 2.05) is 10.6 Å². The van der Waals surface area contributed by atoms with Crippen molar-refractivity contribution in [1.29, 1.82) is 0 Å². The predicted molar refractivity (Wildman–Crippen MR) is 74.5 cm³/mol. The molecule has 2 aromatic heterocycles. The van der Waals surface area contributed by atoms with E-state index in [2.05, 4.69) is 20.7 Å². The molecule has 0 bridgehead atoms. The van der Waals surface area contributed by atoms with Gasteiger partial charge in [-0.25, -0.2) is 15.8 Å². The van der Waals surface area contributed by atoms with Gasteiger partial charge in [0.05, 0.1) is 12.8 Å². The molecule has 0 amide bonds. The topological polar surface area (TPSA) is 98.7 Å². The van der Waals surface area contributed by atoms with Crippen LogP contribution in [0.4, 0.5) is 11.6 Å². The summed E-state index contributed by atoms with van der Waals surface area (Å²) in [5, 5.41) is 3.29. The molecule has 0 aliphatic carbocycles. The highest BCUT2D eigenvalue weighted by Crippen LogP contribution is 2.24. The summed E-state index contributed by atoms with van der Waals surface area (Å²) in [6, 6.07) is 0. The number of nitrogens with zero attached hydrogens (tertiary/aromatic N) is 3. The summed E-state index contributed by atoms with van der Waals surface area (Å²) in [7, 11) is 1.70. The molecule has 4 N–H and O–H groups in total. The van der Waals surface area contributed by atoms with Crippen molar-refractivity contribution in [2.75, 3.05) is 37.6 Å². The average molecular weight is 278 g/mol. The first-order valence-corrected chi connectivity index (χ1v) is 6.43. The molecule has 8 heteroatoms. The molecule has 2 aromatic rings. The number of nitrogens with two attached hydrogens (primary N) is 1. The molecule has 3 rings (SSSR count). The zero-order chi connectivity index (χ0) is 14.0. The molecule has 0 aromatic carbocycles. The minimum Gasteiger partial charge on any atom is -0.378 e. The lowest BCUT2D eigenvalue weighted by Gasteiger charge is -2.26. The van der Waals surface area contributed by atoms with Gasteiger partial charge in [0.15, 0.2) is 17.3 Å². The number of anilines is 2. The summed E-state index contributed by atoms with van der Waals surface area (Å²) in [4.78, 5) is 8.68. The third kappa shape index (κ3) is 2.28. The Morgan fingerprint density at radius 1 is 1.60 bits per heavy atom. The second kappa shape index (κ2) is 5.23. The van der Waals surface area contributed by atoms with Crippen LogP contribution in [0.3, 0.4) is 0 Å².